The number of nitrogens with zero attached hydrogens (tertiary/aromatic N) is 3. The van der Waals surface area contributed by atoms with E-state index in [0.717, 1.165) is 17.1 Å². The van der Waals surface area contributed by atoms with Crippen LogP contribution in [-0.4, -0.2) is 9.97 Å². The first-order chi connectivity index (χ1) is 9.13. The minimum Gasteiger partial charge on any atom is -0.241 e. The van der Waals surface area contributed by atoms with Gasteiger partial charge in [-0.3, -0.25) is 0 Å². The Labute approximate surface area is 114 Å². The van der Waals surface area contributed by atoms with E-state index in [9.17, 15) is 0 Å². The minimum atomic E-state index is 0.454. The zero-order valence-electron chi connectivity index (χ0n) is 11.6. The molecule has 0 amide bonds. The lowest BCUT2D eigenvalue weighted by Gasteiger charge is -2.11. The van der Waals surface area contributed by atoms with E-state index < -0.39 is 0 Å². The normalized spacial score (nSPS) is 10.2. The predicted molar refractivity (Wildman–Crippen MR) is 75.6 cm³/mol. The van der Waals surface area contributed by atoms with Crippen molar-refractivity contribution < 1.29 is 0 Å². The van der Waals surface area contributed by atoms with Crippen LogP contribution in [-0.2, 0) is 6.42 Å². The van der Waals surface area contributed by atoms with Gasteiger partial charge in [-0.25, -0.2) is 9.97 Å². The molecule has 1 aromatic heterocycles. The van der Waals surface area contributed by atoms with Crippen molar-refractivity contribution in [1.82, 2.24) is 9.97 Å². The largest absolute Gasteiger partial charge is 0.241 e. The third kappa shape index (κ3) is 2.79. The monoisotopic (exact) mass is 251 g/mol. The van der Waals surface area contributed by atoms with Crippen LogP contribution in [0.3, 0.4) is 0 Å². The molecule has 0 saturated heterocycles. The SMILES string of the molecule is Cc1ccc(-c2ccnc(CCC#N)n2)c(C)c1C. The van der Waals surface area contributed by atoms with Crippen LogP contribution < -0.4 is 0 Å². The maximum absolute atomic E-state index is 8.62. The molecule has 2 rings (SSSR count). The number of aryl methyl sites for hydroxylation is 2. The van der Waals surface area contributed by atoms with E-state index in [-0.39, 0.29) is 0 Å². The summed E-state index contributed by atoms with van der Waals surface area (Å²) < 4.78 is 0. The molecular formula is C16H17N3. The molecule has 0 unspecified atom stereocenters. The lowest BCUT2D eigenvalue weighted by molar-refractivity contribution is 0.886. The molecule has 0 saturated carbocycles. The summed E-state index contributed by atoms with van der Waals surface area (Å²) in [7, 11) is 0. The van der Waals surface area contributed by atoms with Crippen LogP contribution in [0.1, 0.15) is 28.9 Å². The lowest BCUT2D eigenvalue weighted by atomic mass is 9.97. The summed E-state index contributed by atoms with van der Waals surface area (Å²) in [5.74, 6) is 0.733. The van der Waals surface area contributed by atoms with Gasteiger partial charge >= 0.3 is 0 Å². The van der Waals surface area contributed by atoms with E-state index in [2.05, 4.69) is 48.9 Å². The maximum atomic E-state index is 8.62. The van der Waals surface area contributed by atoms with Crippen molar-refractivity contribution in [3.63, 3.8) is 0 Å². The summed E-state index contributed by atoms with van der Waals surface area (Å²) in [5.41, 5.74) is 5.92. The van der Waals surface area contributed by atoms with Gasteiger partial charge in [0.1, 0.15) is 5.82 Å². The van der Waals surface area contributed by atoms with Gasteiger partial charge in [-0.05, 0) is 43.5 Å². The Hall–Kier alpha value is -2.21. The minimum absolute atomic E-state index is 0.454. The molecule has 0 radical (unpaired) electrons. The van der Waals surface area contributed by atoms with Crippen molar-refractivity contribution in [2.45, 2.75) is 33.6 Å². The third-order valence-electron chi connectivity index (χ3n) is 3.50. The Morgan fingerprint density at radius 2 is 1.89 bits per heavy atom. The molecule has 19 heavy (non-hydrogen) atoms. The van der Waals surface area contributed by atoms with E-state index in [4.69, 9.17) is 5.26 Å². The molecule has 0 fully saturated rings. The first kappa shape index (κ1) is 13.2. The highest BCUT2D eigenvalue weighted by atomic mass is 14.9. The fraction of sp³-hybridized carbons (Fsp3) is 0.312. The number of hydrogen-bond acceptors (Lipinski definition) is 3. The fourth-order valence-electron chi connectivity index (χ4n) is 2.07. The standard InChI is InChI=1S/C16H17N3/c1-11-6-7-14(13(3)12(11)2)15-8-10-18-16(19-15)5-4-9-17/h6-8,10H,4-5H2,1-3H3. The molecule has 1 aromatic carbocycles. The lowest BCUT2D eigenvalue weighted by Crippen LogP contribution is -1.98. The van der Waals surface area contributed by atoms with E-state index >= 15 is 0 Å². The highest BCUT2D eigenvalue weighted by Gasteiger charge is 2.08. The van der Waals surface area contributed by atoms with Crippen LogP contribution in [0.15, 0.2) is 24.4 Å². The molecule has 0 aliphatic carbocycles. The smallest absolute Gasteiger partial charge is 0.129 e. The Balaban J connectivity index is 2.42. The molecule has 1 heterocycles. The molecule has 0 aliphatic heterocycles. The summed E-state index contributed by atoms with van der Waals surface area (Å²) in [6.07, 6.45) is 2.83. The van der Waals surface area contributed by atoms with Crippen molar-refractivity contribution in [1.29, 1.82) is 5.26 Å². The third-order valence-corrected chi connectivity index (χ3v) is 3.50. The van der Waals surface area contributed by atoms with Crippen LogP contribution in [0.5, 0.6) is 0 Å². The molecule has 3 heteroatoms. The molecule has 0 spiro atoms. The molecule has 0 bridgehead atoms. The zero-order chi connectivity index (χ0) is 13.8. The topological polar surface area (TPSA) is 49.6 Å². The van der Waals surface area contributed by atoms with E-state index in [1.165, 1.54) is 16.7 Å². The summed E-state index contributed by atoms with van der Waals surface area (Å²) >= 11 is 0. The first-order valence-corrected chi connectivity index (χ1v) is 6.39. The first-order valence-electron chi connectivity index (χ1n) is 6.39. The van der Waals surface area contributed by atoms with E-state index in [0.29, 0.717) is 12.8 Å². The molecule has 2 aromatic rings. The van der Waals surface area contributed by atoms with Gasteiger partial charge in [-0.2, -0.15) is 5.26 Å². The molecule has 3 nitrogen and oxygen atoms in total. The van der Waals surface area contributed by atoms with Crippen LogP contribution in [0, 0.1) is 32.1 Å². The van der Waals surface area contributed by atoms with Crippen LogP contribution in [0.2, 0.25) is 0 Å². The van der Waals surface area contributed by atoms with Crippen LogP contribution in [0.4, 0.5) is 0 Å². The molecule has 96 valence electrons. The van der Waals surface area contributed by atoms with Gasteiger partial charge < -0.3 is 0 Å². The molecule has 0 N–H and O–H groups in total. The second-order valence-corrected chi connectivity index (χ2v) is 4.70. The Morgan fingerprint density at radius 1 is 1.11 bits per heavy atom. The number of benzene rings is 1. The number of aromatic nitrogens is 2. The van der Waals surface area contributed by atoms with E-state index in [1.807, 2.05) is 6.07 Å². The number of rotatable bonds is 3. The van der Waals surface area contributed by atoms with Gasteiger partial charge in [0.05, 0.1) is 11.8 Å². The quantitative estimate of drug-likeness (QED) is 0.838. The van der Waals surface area contributed by atoms with Crippen LogP contribution in [0.25, 0.3) is 11.3 Å². The van der Waals surface area contributed by atoms with Gasteiger partial charge in [-0.15, -0.1) is 0 Å². The Morgan fingerprint density at radius 3 is 2.63 bits per heavy atom. The summed E-state index contributed by atoms with van der Waals surface area (Å²) in [4.78, 5) is 8.76. The predicted octanol–water partition coefficient (Wildman–Crippen LogP) is 3.53. The second kappa shape index (κ2) is 5.62. The van der Waals surface area contributed by atoms with Crippen molar-refractivity contribution in [3.8, 4) is 17.3 Å². The second-order valence-electron chi connectivity index (χ2n) is 4.70. The van der Waals surface area contributed by atoms with Crippen LogP contribution >= 0.6 is 0 Å². The summed E-state index contributed by atoms with van der Waals surface area (Å²) in [5, 5.41) is 8.62. The average Bonchev–Trinajstić information content (AvgIpc) is 2.43. The fourth-order valence-corrected chi connectivity index (χ4v) is 2.07. The highest BCUT2D eigenvalue weighted by molar-refractivity contribution is 5.65. The molecular weight excluding hydrogens is 234 g/mol. The van der Waals surface area contributed by atoms with Gasteiger partial charge in [-0.1, -0.05) is 12.1 Å². The maximum Gasteiger partial charge on any atom is 0.129 e. The van der Waals surface area contributed by atoms with Crippen molar-refractivity contribution in [2.24, 2.45) is 0 Å². The van der Waals surface area contributed by atoms with Crippen molar-refractivity contribution in [3.05, 3.63) is 46.9 Å². The van der Waals surface area contributed by atoms with Gasteiger partial charge in [0.15, 0.2) is 0 Å². The summed E-state index contributed by atoms with van der Waals surface area (Å²) in [6, 6.07) is 8.27. The van der Waals surface area contributed by atoms with Gasteiger partial charge in [0.25, 0.3) is 0 Å². The summed E-state index contributed by atoms with van der Waals surface area (Å²) in [6.45, 7) is 6.37. The molecule has 0 aliphatic rings. The number of nitriles is 1. The number of hydrogen-bond donors (Lipinski definition) is 0. The molecule has 0 atom stereocenters. The van der Waals surface area contributed by atoms with Crippen molar-refractivity contribution in [2.75, 3.05) is 0 Å². The van der Waals surface area contributed by atoms with E-state index in [1.54, 1.807) is 6.20 Å². The Bertz CT molecular complexity index is 639. The average molecular weight is 251 g/mol. The van der Waals surface area contributed by atoms with Gasteiger partial charge in [0, 0.05) is 24.6 Å². The Kier molecular flexibility index (Phi) is 3.91. The van der Waals surface area contributed by atoms with Crippen molar-refractivity contribution >= 4 is 0 Å². The highest BCUT2D eigenvalue weighted by Crippen LogP contribution is 2.25. The zero-order valence-corrected chi connectivity index (χ0v) is 11.6. The van der Waals surface area contributed by atoms with Gasteiger partial charge in [0.2, 0.25) is 0 Å².